The SMILES string of the molecule is Cc1cc(C)[n+]2n1-c1ccc3c4ccccc4n4c3c1C21c2c-4ccc3c2-n2c4c(cccc4c4ccc[n+]1c42)C3(C)C. The minimum Gasteiger partial charge on any atom is -0.307 e. The molecule has 0 aliphatic carbocycles. The molecule has 1 unspecified atom stereocenters. The number of rotatable bonds is 0. The molecule has 0 saturated carbocycles. The topological polar surface area (TPSA) is 22.5 Å². The van der Waals surface area contributed by atoms with Crippen molar-refractivity contribution in [2.24, 2.45) is 0 Å². The third-order valence-electron chi connectivity index (χ3n) is 11.4. The number of hydrogen-bond donors (Lipinski definition) is 0. The van der Waals surface area contributed by atoms with E-state index in [1.54, 1.807) is 0 Å². The quantitative estimate of drug-likeness (QED) is 0.186. The van der Waals surface area contributed by atoms with Gasteiger partial charge in [-0.3, -0.25) is 0 Å². The molecule has 0 saturated heterocycles. The predicted octanol–water partition coefficient (Wildman–Crippen LogP) is 6.74. The average molecular weight is 554 g/mol. The van der Waals surface area contributed by atoms with Crippen LogP contribution >= 0.6 is 0 Å². The van der Waals surface area contributed by atoms with E-state index < -0.39 is 5.66 Å². The molecule has 43 heavy (non-hydrogen) atoms. The lowest BCUT2D eigenvalue weighted by molar-refractivity contribution is -0.989. The molecule has 4 aliphatic rings. The summed E-state index contributed by atoms with van der Waals surface area (Å²) in [6.45, 7) is 9.38. The summed E-state index contributed by atoms with van der Waals surface area (Å²) < 4.78 is 12.9. The minimum absolute atomic E-state index is 0.151. The fourth-order valence-electron chi connectivity index (χ4n) is 9.96. The van der Waals surface area contributed by atoms with Crippen molar-refractivity contribution in [3.63, 3.8) is 0 Å². The molecule has 0 N–H and O–H groups in total. The first-order valence-electron chi connectivity index (χ1n) is 15.3. The molecule has 202 valence electrons. The van der Waals surface area contributed by atoms with Crippen molar-refractivity contribution in [3.8, 4) is 17.1 Å². The van der Waals surface area contributed by atoms with E-state index in [-0.39, 0.29) is 5.41 Å². The van der Waals surface area contributed by atoms with Crippen LogP contribution in [0.1, 0.15) is 47.5 Å². The zero-order valence-electron chi connectivity index (χ0n) is 24.4. The van der Waals surface area contributed by atoms with Gasteiger partial charge in [0.1, 0.15) is 22.3 Å². The molecular formula is C38H27N5+2. The lowest BCUT2D eigenvalue weighted by atomic mass is 9.71. The number of para-hydroxylation sites is 2. The molecule has 4 aliphatic heterocycles. The molecule has 0 fully saturated rings. The Kier molecular flexibility index (Phi) is 3.07. The Morgan fingerprint density at radius 3 is 2.35 bits per heavy atom. The average Bonchev–Trinajstić information content (AvgIpc) is 3.72. The number of nitrogens with zero attached hydrogens (tertiary/aromatic N) is 5. The molecule has 12 rings (SSSR count). The molecule has 4 aromatic carbocycles. The molecule has 8 aromatic rings. The Bertz CT molecular complexity index is 2730. The van der Waals surface area contributed by atoms with Crippen LogP contribution in [-0.4, -0.2) is 13.8 Å². The number of aromatic nitrogens is 5. The van der Waals surface area contributed by atoms with E-state index in [1.807, 2.05) is 0 Å². The van der Waals surface area contributed by atoms with Crippen LogP contribution in [-0.2, 0) is 11.1 Å². The molecular weight excluding hydrogens is 526 g/mol. The van der Waals surface area contributed by atoms with Crippen LogP contribution < -0.4 is 9.25 Å². The molecule has 5 nitrogen and oxygen atoms in total. The second kappa shape index (κ2) is 6.13. The fraction of sp³-hybridized carbons (Fsp3) is 0.158. The van der Waals surface area contributed by atoms with E-state index in [0.717, 1.165) is 0 Å². The molecule has 0 radical (unpaired) electrons. The summed E-state index contributed by atoms with van der Waals surface area (Å²) in [5, 5.41) is 5.28. The summed E-state index contributed by atoms with van der Waals surface area (Å²) in [5.74, 6) is 0. The first-order chi connectivity index (χ1) is 21.0. The van der Waals surface area contributed by atoms with Crippen LogP contribution in [0.3, 0.4) is 0 Å². The molecule has 5 heteroatoms. The van der Waals surface area contributed by atoms with Gasteiger partial charge in [-0.05, 0) is 49.4 Å². The Morgan fingerprint density at radius 2 is 1.44 bits per heavy atom. The van der Waals surface area contributed by atoms with E-state index >= 15 is 0 Å². The van der Waals surface area contributed by atoms with Crippen LogP contribution in [0.25, 0.3) is 60.8 Å². The second-order valence-electron chi connectivity index (χ2n) is 13.6. The highest BCUT2D eigenvalue weighted by Crippen LogP contribution is 2.58. The second-order valence-corrected chi connectivity index (χ2v) is 13.6. The molecule has 8 heterocycles. The van der Waals surface area contributed by atoms with Gasteiger partial charge in [-0.1, -0.05) is 54.9 Å². The van der Waals surface area contributed by atoms with Crippen LogP contribution in [0.5, 0.6) is 0 Å². The Balaban J connectivity index is 1.49. The molecule has 0 bridgehead atoms. The maximum atomic E-state index is 2.62. The summed E-state index contributed by atoms with van der Waals surface area (Å²) >= 11 is 0. The predicted molar refractivity (Wildman–Crippen MR) is 168 cm³/mol. The van der Waals surface area contributed by atoms with Gasteiger partial charge in [0.15, 0.2) is 5.69 Å². The normalized spacial score (nSPS) is 19.0. The van der Waals surface area contributed by atoms with Gasteiger partial charge in [0, 0.05) is 45.7 Å². The largest absolute Gasteiger partial charge is 0.394 e. The summed E-state index contributed by atoms with van der Waals surface area (Å²) in [6.07, 6.45) is 2.34. The minimum atomic E-state index is -0.574. The zero-order chi connectivity index (χ0) is 28.3. The highest BCUT2D eigenvalue weighted by atomic mass is 15.5. The lowest BCUT2D eigenvalue weighted by Gasteiger charge is -2.39. The Hall–Kier alpha value is -5.16. The van der Waals surface area contributed by atoms with Gasteiger partial charge in [0.05, 0.1) is 34.0 Å². The van der Waals surface area contributed by atoms with Crippen LogP contribution in [0.15, 0.2) is 91.1 Å². The van der Waals surface area contributed by atoms with Crippen molar-refractivity contribution in [1.82, 2.24) is 13.8 Å². The van der Waals surface area contributed by atoms with Crippen molar-refractivity contribution in [1.29, 1.82) is 0 Å². The van der Waals surface area contributed by atoms with E-state index in [4.69, 9.17) is 0 Å². The number of benzene rings is 4. The van der Waals surface area contributed by atoms with Gasteiger partial charge in [-0.25, -0.2) is 0 Å². The van der Waals surface area contributed by atoms with Gasteiger partial charge in [-0.15, -0.1) is 4.68 Å². The summed E-state index contributed by atoms with van der Waals surface area (Å²) in [4.78, 5) is 0. The lowest BCUT2D eigenvalue weighted by Crippen LogP contribution is -2.77. The number of fused-ring (bicyclic) bond motifs is 7. The van der Waals surface area contributed by atoms with Crippen molar-refractivity contribution in [2.45, 2.75) is 38.8 Å². The Labute approximate surface area is 247 Å². The number of pyridine rings is 1. The Morgan fingerprint density at radius 1 is 0.651 bits per heavy atom. The van der Waals surface area contributed by atoms with Gasteiger partial charge < -0.3 is 4.57 Å². The van der Waals surface area contributed by atoms with Crippen LogP contribution in [0.4, 0.5) is 0 Å². The fourth-order valence-corrected chi connectivity index (χ4v) is 9.96. The van der Waals surface area contributed by atoms with Gasteiger partial charge >= 0.3 is 11.3 Å². The highest BCUT2D eigenvalue weighted by Gasteiger charge is 2.70. The van der Waals surface area contributed by atoms with E-state index in [0.29, 0.717) is 0 Å². The number of aryl methyl sites for hydroxylation is 2. The molecule has 1 spiro atoms. The van der Waals surface area contributed by atoms with Crippen molar-refractivity contribution in [3.05, 3.63) is 125 Å². The zero-order valence-corrected chi connectivity index (χ0v) is 24.4. The maximum absolute atomic E-state index is 2.62. The van der Waals surface area contributed by atoms with Gasteiger partial charge in [0.2, 0.25) is 5.69 Å². The van der Waals surface area contributed by atoms with Gasteiger partial charge in [-0.2, -0.15) is 9.13 Å². The number of hydrogen-bond acceptors (Lipinski definition) is 0. The van der Waals surface area contributed by atoms with Crippen molar-refractivity contribution < 1.29 is 9.25 Å². The van der Waals surface area contributed by atoms with E-state index in [1.165, 1.54) is 94.4 Å². The summed E-state index contributed by atoms with van der Waals surface area (Å²) in [6, 6.07) is 32.4. The monoisotopic (exact) mass is 553 g/mol. The van der Waals surface area contributed by atoms with Crippen molar-refractivity contribution >= 4 is 43.7 Å². The third-order valence-corrected chi connectivity index (χ3v) is 11.4. The summed E-state index contributed by atoms with van der Waals surface area (Å²) in [7, 11) is 0. The molecule has 0 amide bonds. The highest BCUT2D eigenvalue weighted by molar-refractivity contribution is 6.14. The molecule has 1 atom stereocenters. The summed E-state index contributed by atoms with van der Waals surface area (Å²) in [5.41, 5.74) is 16.5. The first-order valence-corrected chi connectivity index (χ1v) is 15.3. The van der Waals surface area contributed by atoms with E-state index in [9.17, 15) is 0 Å². The first kappa shape index (κ1) is 21.5. The van der Waals surface area contributed by atoms with Crippen LogP contribution in [0.2, 0.25) is 0 Å². The third kappa shape index (κ3) is 1.84. The van der Waals surface area contributed by atoms with E-state index in [2.05, 4.69) is 142 Å². The molecule has 4 aromatic heterocycles. The maximum Gasteiger partial charge on any atom is 0.394 e. The van der Waals surface area contributed by atoms with Crippen molar-refractivity contribution in [2.75, 3.05) is 0 Å². The standard InChI is InChI=1S/C38H27N5/c1-20-19-21(2)43-38-31-29(40-28-13-6-5-9-22(28)24-14-16-30(42(20)43)32(38)34(24)40)17-15-27-35(31)41-33-23(10-7-12-26(33)37(27,3)4)25-11-8-18-39(38)36(25)41/h5-19H,1-4H3/q+2. The van der Waals surface area contributed by atoms with Gasteiger partial charge in [0.25, 0.3) is 0 Å². The van der Waals surface area contributed by atoms with Crippen LogP contribution in [0, 0.1) is 13.8 Å². The smallest absolute Gasteiger partial charge is 0.307 e.